The lowest BCUT2D eigenvalue weighted by Crippen LogP contribution is -2.67. The largest absolute Gasteiger partial charge is 0.508 e. The van der Waals surface area contributed by atoms with Gasteiger partial charge in [0, 0.05) is 5.41 Å². The number of rotatable bonds is 4. The molecule has 2 nitrogen and oxygen atoms in total. The second kappa shape index (κ2) is 7.08. The van der Waals surface area contributed by atoms with Gasteiger partial charge >= 0.3 is 23.7 Å². The molecule has 0 bridgehead atoms. The lowest BCUT2D eigenvalue weighted by Gasteiger charge is -2.41. The SMILES string of the molecule is CC(C)(c1ccc(O)cc1)c1ccc(OC2=C(F)C(F)(F)C(F)(F)C(F)(F)C2(F)F)cc1. The Balaban J connectivity index is 1.98. The first-order chi connectivity index (χ1) is 14.5. The summed E-state index contributed by atoms with van der Waals surface area (Å²) in [6.07, 6.45) is 0. The fourth-order valence-electron chi connectivity index (χ4n) is 3.17. The molecule has 0 heterocycles. The van der Waals surface area contributed by atoms with Gasteiger partial charge in [-0.05, 0) is 35.4 Å². The number of phenols is 1. The van der Waals surface area contributed by atoms with Crippen LogP contribution in [0.15, 0.2) is 60.1 Å². The minimum atomic E-state index is -6.68. The third-order valence-electron chi connectivity index (χ3n) is 5.33. The topological polar surface area (TPSA) is 29.5 Å². The monoisotopic (exact) mass is 470 g/mol. The number of ether oxygens (including phenoxy) is 1. The van der Waals surface area contributed by atoms with Crippen molar-refractivity contribution in [2.45, 2.75) is 43.0 Å². The van der Waals surface area contributed by atoms with Gasteiger partial charge in [-0.2, -0.15) is 35.1 Å². The summed E-state index contributed by atoms with van der Waals surface area (Å²) >= 11 is 0. The Hall–Kier alpha value is -2.85. The molecule has 174 valence electrons. The van der Waals surface area contributed by atoms with Gasteiger partial charge in [-0.1, -0.05) is 38.1 Å². The fourth-order valence-corrected chi connectivity index (χ4v) is 3.17. The van der Waals surface area contributed by atoms with E-state index >= 15 is 0 Å². The Kier molecular flexibility index (Phi) is 5.26. The molecule has 1 aliphatic carbocycles. The van der Waals surface area contributed by atoms with Gasteiger partial charge in [-0.3, -0.25) is 0 Å². The van der Waals surface area contributed by atoms with E-state index in [1.807, 2.05) is 0 Å². The normalized spacial score (nSPS) is 21.3. The van der Waals surface area contributed by atoms with Gasteiger partial charge < -0.3 is 9.84 Å². The zero-order valence-electron chi connectivity index (χ0n) is 16.4. The van der Waals surface area contributed by atoms with Gasteiger partial charge in [0.25, 0.3) is 0 Å². The van der Waals surface area contributed by atoms with Crippen LogP contribution in [0.1, 0.15) is 25.0 Å². The van der Waals surface area contributed by atoms with Crippen molar-refractivity contribution in [2.75, 3.05) is 0 Å². The van der Waals surface area contributed by atoms with Crippen LogP contribution >= 0.6 is 0 Å². The predicted octanol–water partition coefficient (Wildman–Crippen LogP) is 6.83. The van der Waals surface area contributed by atoms with Gasteiger partial charge in [0.05, 0.1) is 0 Å². The molecular weight excluding hydrogens is 455 g/mol. The molecule has 11 heteroatoms. The summed E-state index contributed by atoms with van der Waals surface area (Å²) in [4.78, 5) is 0. The number of allylic oxidation sites excluding steroid dienone is 2. The standard InChI is InChI=1S/C21H15F9O2/c1-17(2,11-3-7-13(31)8-4-11)12-5-9-14(10-6-12)32-16-15(22)18(23,24)20(27,28)21(29,30)19(16,25)26/h3-10,31H,1-2H3. The average molecular weight is 470 g/mol. The van der Waals surface area contributed by atoms with E-state index in [2.05, 4.69) is 4.74 Å². The third kappa shape index (κ3) is 3.20. The minimum absolute atomic E-state index is 0.0104. The van der Waals surface area contributed by atoms with E-state index in [-0.39, 0.29) is 5.75 Å². The molecule has 0 fully saturated rings. The van der Waals surface area contributed by atoms with Crippen LogP contribution in [0.4, 0.5) is 39.5 Å². The van der Waals surface area contributed by atoms with E-state index in [1.165, 1.54) is 24.3 Å². The Morgan fingerprint density at radius 1 is 0.688 bits per heavy atom. The lowest BCUT2D eigenvalue weighted by atomic mass is 9.78. The number of aromatic hydroxyl groups is 1. The summed E-state index contributed by atoms with van der Waals surface area (Å²) in [7, 11) is 0. The summed E-state index contributed by atoms with van der Waals surface area (Å²) in [5.74, 6) is -32.7. The van der Waals surface area contributed by atoms with Crippen molar-refractivity contribution in [1.82, 2.24) is 0 Å². The van der Waals surface area contributed by atoms with E-state index in [9.17, 15) is 44.6 Å². The highest BCUT2D eigenvalue weighted by Crippen LogP contribution is 2.62. The smallest absolute Gasteiger partial charge is 0.386 e. The van der Waals surface area contributed by atoms with E-state index < -0.39 is 46.4 Å². The number of hydrogen-bond donors (Lipinski definition) is 1. The van der Waals surface area contributed by atoms with E-state index in [0.29, 0.717) is 11.1 Å². The van der Waals surface area contributed by atoms with Crippen LogP contribution in [0.3, 0.4) is 0 Å². The molecule has 1 N–H and O–H groups in total. The predicted molar refractivity (Wildman–Crippen MR) is 95.2 cm³/mol. The summed E-state index contributed by atoms with van der Waals surface area (Å²) in [6.45, 7) is 3.49. The molecule has 2 aromatic carbocycles. The Labute approximate surface area is 175 Å². The Bertz CT molecular complexity index is 1040. The van der Waals surface area contributed by atoms with Crippen molar-refractivity contribution >= 4 is 0 Å². The van der Waals surface area contributed by atoms with Crippen LogP contribution < -0.4 is 4.74 Å². The van der Waals surface area contributed by atoms with Gasteiger partial charge in [0.2, 0.25) is 11.6 Å². The summed E-state index contributed by atoms with van der Waals surface area (Å²) in [6, 6.07) is 10.4. The molecule has 0 saturated heterocycles. The van der Waals surface area contributed by atoms with Gasteiger partial charge in [-0.15, -0.1) is 0 Å². The van der Waals surface area contributed by atoms with Crippen LogP contribution in [-0.2, 0) is 5.41 Å². The molecule has 0 aromatic heterocycles. The van der Waals surface area contributed by atoms with Crippen molar-refractivity contribution in [3.05, 3.63) is 71.2 Å². The van der Waals surface area contributed by atoms with Crippen molar-refractivity contribution in [1.29, 1.82) is 0 Å². The maximum Gasteiger partial charge on any atom is 0.386 e. The second-order valence-electron chi connectivity index (χ2n) is 7.74. The summed E-state index contributed by atoms with van der Waals surface area (Å²) in [5.41, 5.74) is 0.494. The molecular formula is C21H15F9O2. The zero-order chi connectivity index (χ0) is 24.3. The molecule has 0 saturated carbocycles. The molecule has 0 atom stereocenters. The van der Waals surface area contributed by atoms with Crippen molar-refractivity contribution < 1.29 is 49.4 Å². The van der Waals surface area contributed by atoms with E-state index in [4.69, 9.17) is 0 Å². The van der Waals surface area contributed by atoms with Gasteiger partial charge in [0.1, 0.15) is 11.5 Å². The molecule has 0 aliphatic heterocycles. The highest BCUT2D eigenvalue weighted by atomic mass is 19.4. The van der Waals surface area contributed by atoms with Crippen LogP contribution in [0, 0.1) is 0 Å². The molecule has 0 unspecified atom stereocenters. The molecule has 2 aromatic rings. The number of halogens is 9. The number of phenolic OH excluding ortho intramolecular Hbond substituents is 1. The highest BCUT2D eigenvalue weighted by Gasteiger charge is 2.87. The molecule has 0 radical (unpaired) electrons. The number of benzene rings is 2. The molecule has 3 rings (SSSR count). The fraction of sp³-hybridized carbons (Fsp3) is 0.333. The maximum absolute atomic E-state index is 13.9. The summed E-state index contributed by atoms with van der Waals surface area (Å²) < 4.78 is 127. The molecule has 0 spiro atoms. The first-order valence-corrected chi connectivity index (χ1v) is 8.98. The van der Waals surface area contributed by atoms with Gasteiger partial charge in [0.15, 0.2) is 0 Å². The Morgan fingerprint density at radius 2 is 1.09 bits per heavy atom. The zero-order valence-corrected chi connectivity index (χ0v) is 16.4. The van der Waals surface area contributed by atoms with Crippen LogP contribution in [0.25, 0.3) is 0 Å². The van der Waals surface area contributed by atoms with Crippen LogP contribution in [-0.4, -0.2) is 28.8 Å². The quantitative estimate of drug-likeness (QED) is 0.497. The number of hydrogen-bond acceptors (Lipinski definition) is 2. The summed E-state index contributed by atoms with van der Waals surface area (Å²) in [5, 5.41) is 9.39. The van der Waals surface area contributed by atoms with Crippen molar-refractivity contribution in [3.63, 3.8) is 0 Å². The van der Waals surface area contributed by atoms with Crippen molar-refractivity contribution in [3.8, 4) is 11.5 Å². The second-order valence-corrected chi connectivity index (χ2v) is 7.74. The first kappa shape index (κ1) is 23.8. The maximum atomic E-state index is 13.9. The number of alkyl halides is 8. The first-order valence-electron chi connectivity index (χ1n) is 8.98. The molecule has 1 aliphatic rings. The van der Waals surface area contributed by atoms with E-state index in [1.54, 1.807) is 26.0 Å². The van der Waals surface area contributed by atoms with E-state index in [0.717, 1.165) is 12.1 Å². The van der Waals surface area contributed by atoms with Gasteiger partial charge in [-0.25, -0.2) is 4.39 Å². The Morgan fingerprint density at radius 3 is 1.56 bits per heavy atom. The molecule has 0 amide bonds. The van der Waals surface area contributed by atoms with Crippen LogP contribution in [0.2, 0.25) is 0 Å². The third-order valence-corrected chi connectivity index (χ3v) is 5.33. The minimum Gasteiger partial charge on any atom is -0.508 e. The lowest BCUT2D eigenvalue weighted by molar-refractivity contribution is -0.368. The highest BCUT2D eigenvalue weighted by molar-refractivity contribution is 5.43. The molecule has 32 heavy (non-hydrogen) atoms. The van der Waals surface area contributed by atoms with Crippen molar-refractivity contribution in [2.24, 2.45) is 0 Å². The van der Waals surface area contributed by atoms with Crippen LogP contribution in [0.5, 0.6) is 11.5 Å². The average Bonchev–Trinajstić information content (AvgIpc) is 2.71.